The normalized spacial score (nSPS) is 10.9. The summed E-state index contributed by atoms with van der Waals surface area (Å²) in [5.41, 5.74) is 1.15. The molecular formula is C26H26ClNO5. The van der Waals surface area contributed by atoms with E-state index in [4.69, 9.17) is 25.8 Å². The molecule has 0 fully saturated rings. The zero-order valence-electron chi connectivity index (χ0n) is 18.8. The molecule has 0 aliphatic rings. The van der Waals surface area contributed by atoms with Crippen molar-refractivity contribution in [3.63, 3.8) is 0 Å². The van der Waals surface area contributed by atoms with E-state index >= 15 is 0 Å². The van der Waals surface area contributed by atoms with Gasteiger partial charge in [0.2, 0.25) is 0 Å². The van der Waals surface area contributed by atoms with Crippen molar-refractivity contribution in [3.8, 4) is 11.5 Å². The summed E-state index contributed by atoms with van der Waals surface area (Å²) in [6, 6.07) is 22.8. The van der Waals surface area contributed by atoms with E-state index in [9.17, 15) is 9.59 Å². The highest BCUT2D eigenvalue weighted by Crippen LogP contribution is 2.20. The maximum Gasteiger partial charge on any atom is 0.519 e. The second kappa shape index (κ2) is 10.9. The van der Waals surface area contributed by atoms with Crippen LogP contribution in [-0.2, 0) is 17.8 Å². The van der Waals surface area contributed by atoms with Crippen LogP contribution in [-0.4, -0.2) is 22.7 Å². The van der Waals surface area contributed by atoms with Crippen molar-refractivity contribution < 1.29 is 23.8 Å². The van der Waals surface area contributed by atoms with Gasteiger partial charge in [0, 0.05) is 18.1 Å². The monoisotopic (exact) mass is 467 g/mol. The lowest BCUT2D eigenvalue weighted by molar-refractivity contribution is 0.0216. The molecule has 0 saturated carbocycles. The van der Waals surface area contributed by atoms with E-state index in [-0.39, 0.29) is 0 Å². The Morgan fingerprint density at radius 3 is 1.76 bits per heavy atom. The summed E-state index contributed by atoms with van der Waals surface area (Å²) >= 11 is 5.97. The third-order valence-electron chi connectivity index (χ3n) is 4.38. The molecular weight excluding hydrogens is 442 g/mol. The summed E-state index contributed by atoms with van der Waals surface area (Å²) < 4.78 is 15.9. The van der Waals surface area contributed by atoms with Gasteiger partial charge < -0.3 is 14.2 Å². The van der Waals surface area contributed by atoms with Gasteiger partial charge >= 0.3 is 12.2 Å². The summed E-state index contributed by atoms with van der Waals surface area (Å²) in [6.07, 6.45) is -1.25. The summed E-state index contributed by atoms with van der Waals surface area (Å²) in [5.74, 6) is 0.732. The highest BCUT2D eigenvalue weighted by molar-refractivity contribution is 6.30. The number of para-hydroxylation sites is 1. The number of benzene rings is 3. The van der Waals surface area contributed by atoms with Crippen LogP contribution in [0, 0.1) is 0 Å². The molecule has 0 atom stereocenters. The van der Waals surface area contributed by atoms with Crippen LogP contribution in [0.15, 0.2) is 78.9 Å². The van der Waals surface area contributed by atoms with Gasteiger partial charge in [-0.2, -0.15) is 0 Å². The molecule has 172 valence electrons. The first-order valence-corrected chi connectivity index (χ1v) is 10.8. The van der Waals surface area contributed by atoms with Crippen LogP contribution in [0.25, 0.3) is 0 Å². The molecule has 6 nitrogen and oxygen atoms in total. The Morgan fingerprint density at radius 2 is 1.24 bits per heavy atom. The molecule has 1 amide bonds. The lowest BCUT2D eigenvalue weighted by atomic mass is 10.1. The molecule has 3 rings (SSSR count). The van der Waals surface area contributed by atoms with Gasteiger partial charge in [0.25, 0.3) is 0 Å². The standard InChI is InChI=1S/C26H26ClNO5/c1-26(2,3)33-24(29)28(17-19-9-13-21(27)14-10-19)18-20-11-15-23(16-12-20)32-25(30)31-22-7-5-4-6-8-22/h4-16H,17-18H2,1-3H3. The summed E-state index contributed by atoms with van der Waals surface area (Å²) in [6.45, 7) is 6.14. The average Bonchev–Trinajstić information content (AvgIpc) is 2.75. The van der Waals surface area contributed by atoms with Crippen molar-refractivity contribution in [2.45, 2.75) is 39.5 Å². The molecule has 3 aromatic carbocycles. The largest absolute Gasteiger partial charge is 0.519 e. The molecule has 0 bridgehead atoms. The molecule has 7 heteroatoms. The van der Waals surface area contributed by atoms with E-state index in [1.165, 1.54) is 0 Å². The fourth-order valence-electron chi connectivity index (χ4n) is 2.91. The Kier molecular flexibility index (Phi) is 7.96. The SMILES string of the molecule is CC(C)(C)OC(=O)N(Cc1ccc(Cl)cc1)Cc1ccc(OC(=O)Oc2ccccc2)cc1. The second-order valence-corrected chi connectivity index (χ2v) is 8.81. The number of ether oxygens (including phenoxy) is 3. The zero-order chi connectivity index (χ0) is 23.8. The predicted octanol–water partition coefficient (Wildman–Crippen LogP) is 6.86. The minimum absolute atomic E-state index is 0.312. The van der Waals surface area contributed by atoms with Crippen LogP contribution in [0.1, 0.15) is 31.9 Å². The number of halogens is 1. The van der Waals surface area contributed by atoms with Gasteiger partial charge in [0.15, 0.2) is 0 Å². The number of carbonyl (C=O) groups excluding carboxylic acids is 2. The summed E-state index contributed by atoms with van der Waals surface area (Å²) in [5, 5.41) is 0.629. The summed E-state index contributed by atoms with van der Waals surface area (Å²) in [7, 11) is 0. The minimum atomic E-state index is -0.827. The molecule has 3 aromatic rings. The van der Waals surface area contributed by atoms with Crippen molar-refractivity contribution in [2.75, 3.05) is 0 Å². The van der Waals surface area contributed by atoms with Crippen LogP contribution in [0.3, 0.4) is 0 Å². The maximum atomic E-state index is 12.8. The Morgan fingerprint density at radius 1 is 0.758 bits per heavy atom. The Labute approximate surface area is 198 Å². The first-order valence-electron chi connectivity index (χ1n) is 10.4. The quantitative estimate of drug-likeness (QED) is 0.293. The van der Waals surface area contributed by atoms with Gasteiger partial charge in [-0.05, 0) is 68.3 Å². The van der Waals surface area contributed by atoms with Gasteiger partial charge in [0.1, 0.15) is 17.1 Å². The fraction of sp³-hybridized carbons (Fsp3) is 0.231. The number of hydrogen-bond acceptors (Lipinski definition) is 5. The first-order chi connectivity index (χ1) is 15.7. The van der Waals surface area contributed by atoms with Crippen molar-refractivity contribution in [1.29, 1.82) is 0 Å². The number of nitrogens with zero attached hydrogens (tertiary/aromatic N) is 1. The van der Waals surface area contributed by atoms with E-state index in [0.717, 1.165) is 11.1 Å². The number of amides is 1. The van der Waals surface area contributed by atoms with Crippen molar-refractivity contribution >= 4 is 23.8 Å². The lowest BCUT2D eigenvalue weighted by Crippen LogP contribution is -2.36. The average molecular weight is 468 g/mol. The number of rotatable bonds is 6. The van der Waals surface area contributed by atoms with E-state index in [1.54, 1.807) is 65.6 Å². The molecule has 0 radical (unpaired) electrons. The molecule has 0 unspecified atom stereocenters. The van der Waals surface area contributed by atoms with Crippen molar-refractivity contribution in [2.24, 2.45) is 0 Å². The molecule has 0 aliphatic heterocycles. The Balaban J connectivity index is 1.66. The van der Waals surface area contributed by atoms with Gasteiger partial charge in [-0.15, -0.1) is 0 Å². The van der Waals surface area contributed by atoms with Crippen LogP contribution < -0.4 is 9.47 Å². The Bertz CT molecular complexity index is 1060. The van der Waals surface area contributed by atoms with Crippen LogP contribution >= 0.6 is 11.6 Å². The number of hydrogen-bond donors (Lipinski definition) is 0. The molecule has 0 saturated heterocycles. The van der Waals surface area contributed by atoms with E-state index in [2.05, 4.69) is 0 Å². The fourth-order valence-corrected chi connectivity index (χ4v) is 3.03. The minimum Gasteiger partial charge on any atom is -0.444 e. The lowest BCUT2D eigenvalue weighted by Gasteiger charge is -2.27. The third kappa shape index (κ3) is 8.16. The Hall–Kier alpha value is -3.51. The van der Waals surface area contributed by atoms with Gasteiger partial charge in [0.05, 0.1) is 0 Å². The topological polar surface area (TPSA) is 65.1 Å². The van der Waals surface area contributed by atoms with E-state index in [1.807, 2.05) is 39.0 Å². The smallest absolute Gasteiger partial charge is 0.444 e. The first kappa shape index (κ1) is 24.1. The van der Waals surface area contributed by atoms with Crippen LogP contribution in [0.2, 0.25) is 5.02 Å². The molecule has 0 spiro atoms. The zero-order valence-corrected chi connectivity index (χ0v) is 19.5. The van der Waals surface area contributed by atoms with Gasteiger partial charge in [-0.3, -0.25) is 4.90 Å². The maximum absolute atomic E-state index is 12.8. The molecule has 0 N–H and O–H groups in total. The third-order valence-corrected chi connectivity index (χ3v) is 4.63. The molecule has 33 heavy (non-hydrogen) atoms. The van der Waals surface area contributed by atoms with Crippen LogP contribution in [0.5, 0.6) is 11.5 Å². The summed E-state index contributed by atoms with van der Waals surface area (Å²) in [4.78, 5) is 26.4. The highest BCUT2D eigenvalue weighted by Gasteiger charge is 2.22. The molecule has 0 aromatic heterocycles. The predicted molar refractivity (Wildman–Crippen MR) is 126 cm³/mol. The second-order valence-electron chi connectivity index (χ2n) is 8.37. The number of carbonyl (C=O) groups is 2. The van der Waals surface area contributed by atoms with E-state index in [0.29, 0.717) is 29.6 Å². The van der Waals surface area contributed by atoms with Crippen LogP contribution in [0.4, 0.5) is 9.59 Å². The molecule has 0 aliphatic carbocycles. The molecule has 0 heterocycles. The van der Waals surface area contributed by atoms with Gasteiger partial charge in [-0.1, -0.05) is 54.1 Å². The van der Waals surface area contributed by atoms with E-state index < -0.39 is 17.8 Å². The van der Waals surface area contributed by atoms with Crippen molar-refractivity contribution in [1.82, 2.24) is 4.90 Å². The van der Waals surface area contributed by atoms with Crippen molar-refractivity contribution in [3.05, 3.63) is 95.0 Å². The van der Waals surface area contributed by atoms with Gasteiger partial charge in [-0.25, -0.2) is 9.59 Å². The highest BCUT2D eigenvalue weighted by atomic mass is 35.5.